The molecule has 1 aromatic carbocycles. The maximum Gasteiger partial charge on any atom is 0.327 e. The molecule has 0 unspecified atom stereocenters. The molecule has 0 aliphatic rings. The topological polar surface area (TPSA) is 90.1 Å². The highest BCUT2D eigenvalue weighted by Crippen LogP contribution is 2.20. The molecular weight excluding hydrogens is 248 g/mol. The van der Waals surface area contributed by atoms with E-state index in [4.69, 9.17) is 0 Å². The number of nitrogens with one attached hydrogen (secondary N) is 1. The van der Waals surface area contributed by atoms with Gasteiger partial charge in [-0.05, 0) is 12.5 Å². The van der Waals surface area contributed by atoms with Crippen LogP contribution in [0.5, 0.6) is 0 Å². The van der Waals surface area contributed by atoms with Gasteiger partial charge in [-0.15, -0.1) is 0 Å². The highest BCUT2D eigenvalue weighted by Gasteiger charge is 2.13. The van der Waals surface area contributed by atoms with Crippen molar-refractivity contribution in [1.82, 2.24) is 14.9 Å². The smallest absolute Gasteiger partial charge is 0.327 e. The number of hydrogen-bond donors (Lipinski definition) is 1. The number of nitro benzene ring substituents is 1. The summed E-state index contributed by atoms with van der Waals surface area (Å²) >= 11 is 0. The van der Waals surface area contributed by atoms with Gasteiger partial charge in [0.15, 0.2) is 0 Å². The van der Waals surface area contributed by atoms with E-state index in [1.165, 1.54) is 29.4 Å². The molecule has 1 aromatic heterocycles. The lowest BCUT2D eigenvalue weighted by Crippen LogP contribution is -2.27. The van der Waals surface area contributed by atoms with Crippen LogP contribution in [-0.4, -0.2) is 20.5 Å². The Labute approximate surface area is 109 Å². The number of aromatic nitrogens is 2. The van der Waals surface area contributed by atoms with Gasteiger partial charge < -0.3 is 5.32 Å². The van der Waals surface area contributed by atoms with Crippen molar-refractivity contribution in [3.63, 3.8) is 0 Å². The molecule has 2 rings (SSSR count). The fourth-order valence-electron chi connectivity index (χ4n) is 1.70. The van der Waals surface area contributed by atoms with E-state index in [2.05, 4.69) is 10.3 Å². The van der Waals surface area contributed by atoms with Gasteiger partial charge in [0, 0.05) is 30.6 Å². The summed E-state index contributed by atoms with van der Waals surface area (Å²) in [6.45, 7) is 1.89. The Hall–Kier alpha value is -2.70. The number of imidazole rings is 1. The van der Waals surface area contributed by atoms with Gasteiger partial charge in [0.25, 0.3) is 5.69 Å². The van der Waals surface area contributed by atoms with E-state index < -0.39 is 4.92 Å². The number of rotatable bonds is 3. The fourth-order valence-corrected chi connectivity index (χ4v) is 1.70. The average molecular weight is 260 g/mol. The van der Waals surface area contributed by atoms with Crippen molar-refractivity contribution >= 4 is 11.7 Å². The lowest BCUT2D eigenvalue weighted by Gasteiger charge is -2.08. The molecule has 0 atom stereocenters. The lowest BCUT2D eigenvalue weighted by atomic mass is 10.1. The van der Waals surface area contributed by atoms with E-state index in [1.807, 2.05) is 0 Å². The third kappa shape index (κ3) is 2.76. The molecule has 0 bridgehead atoms. The first kappa shape index (κ1) is 12.7. The highest BCUT2D eigenvalue weighted by molar-refractivity contribution is 5.76. The van der Waals surface area contributed by atoms with Gasteiger partial charge >= 0.3 is 6.03 Å². The molecular formula is C12H12N4O3. The van der Waals surface area contributed by atoms with Gasteiger partial charge in [-0.1, -0.05) is 12.1 Å². The maximum atomic E-state index is 11.7. The Morgan fingerprint density at radius 1 is 1.53 bits per heavy atom. The number of hydrogen-bond acceptors (Lipinski definition) is 4. The Balaban J connectivity index is 2.10. The van der Waals surface area contributed by atoms with Crippen LogP contribution in [0.3, 0.4) is 0 Å². The van der Waals surface area contributed by atoms with Crippen LogP contribution < -0.4 is 5.32 Å². The van der Waals surface area contributed by atoms with E-state index >= 15 is 0 Å². The van der Waals surface area contributed by atoms with Crippen molar-refractivity contribution < 1.29 is 9.72 Å². The standard InChI is InChI=1S/C12H12N4O3/c1-9-10(3-2-4-11(9)16(18)19)7-14-12(17)15-6-5-13-8-15/h2-6,8H,7H2,1H3,(H,14,17). The number of amides is 1. The summed E-state index contributed by atoms with van der Waals surface area (Å²) in [5, 5.41) is 13.5. The average Bonchev–Trinajstić information content (AvgIpc) is 2.90. The van der Waals surface area contributed by atoms with E-state index in [1.54, 1.807) is 19.1 Å². The minimum atomic E-state index is -0.434. The summed E-state index contributed by atoms with van der Waals surface area (Å²) in [5.74, 6) is 0. The maximum absolute atomic E-state index is 11.7. The van der Waals surface area contributed by atoms with Crippen LogP contribution in [0.1, 0.15) is 11.1 Å². The largest absolute Gasteiger partial charge is 0.333 e. The Kier molecular flexibility index (Phi) is 3.56. The molecule has 1 N–H and O–H groups in total. The molecule has 0 radical (unpaired) electrons. The molecule has 0 aliphatic heterocycles. The number of carbonyl (C=O) groups excluding carboxylic acids is 1. The quantitative estimate of drug-likeness (QED) is 0.673. The monoisotopic (exact) mass is 260 g/mol. The summed E-state index contributed by atoms with van der Waals surface area (Å²) in [6.07, 6.45) is 4.41. The Morgan fingerprint density at radius 2 is 2.32 bits per heavy atom. The normalized spacial score (nSPS) is 10.2. The summed E-state index contributed by atoms with van der Waals surface area (Å²) in [5.41, 5.74) is 1.32. The SMILES string of the molecule is Cc1c(CNC(=O)n2ccnc2)cccc1[N+](=O)[O-]. The molecule has 19 heavy (non-hydrogen) atoms. The third-order valence-corrected chi connectivity index (χ3v) is 2.78. The van der Waals surface area contributed by atoms with Crippen LogP contribution in [0.2, 0.25) is 0 Å². The summed E-state index contributed by atoms with van der Waals surface area (Å²) in [7, 11) is 0. The summed E-state index contributed by atoms with van der Waals surface area (Å²) < 4.78 is 1.30. The third-order valence-electron chi connectivity index (χ3n) is 2.78. The van der Waals surface area contributed by atoms with E-state index in [0.717, 1.165) is 0 Å². The minimum absolute atomic E-state index is 0.0504. The van der Waals surface area contributed by atoms with E-state index in [0.29, 0.717) is 11.1 Å². The predicted molar refractivity (Wildman–Crippen MR) is 67.7 cm³/mol. The van der Waals surface area contributed by atoms with Crippen LogP contribution in [0.4, 0.5) is 10.5 Å². The van der Waals surface area contributed by atoms with Gasteiger partial charge in [0.05, 0.1) is 4.92 Å². The Morgan fingerprint density at radius 3 is 2.95 bits per heavy atom. The molecule has 0 saturated carbocycles. The molecule has 0 spiro atoms. The molecule has 1 heterocycles. The van der Waals surface area contributed by atoms with Crippen molar-refractivity contribution in [3.8, 4) is 0 Å². The van der Waals surface area contributed by atoms with Crippen LogP contribution in [0.15, 0.2) is 36.9 Å². The second kappa shape index (κ2) is 5.30. The molecule has 7 nitrogen and oxygen atoms in total. The van der Waals surface area contributed by atoms with Crippen molar-refractivity contribution in [2.75, 3.05) is 0 Å². The van der Waals surface area contributed by atoms with E-state index in [9.17, 15) is 14.9 Å². The number of benzene rings is 1. The first-order valence-corrected chi connectivity index (χ1v) is 5.58. The summed E-state index contributed by atoms with van der Waals surface area (Å²) in [4.78, 5) is 25.8. The van der Waals surface area contributed by atoms with Crippen LogP contribution in [0, 0.1) is 17.0 Å². The fraction of sp³-hybridized carbons (Fsp3) is 0.167. The van der Waals surface area contributed by atoms with Crippen LogP contribution >= 0.6 is 0 Å². The van der Waals surface area contributed by atoms with Crippen molar-refractivity contribution in [2.24, 2.45) is 0 Å². The lowest BCUT2D eigenvalue weighted by molar-refractivity contribution is -0.385. The van der Waals surface area contributed by atoms with Gasteiger partial charge in [-0.25, -0.2) is 9.78 Å². The number of nitro groups is 1. The highest BCUT2D eigenvalue weighted by atomic mass is 16.6. The summed E-state index contributed by atoms with van der Waals surface area (Å²) in [6, 6.07) is 4.46. The van der Waals surface area contributed by atoms with Crippen molar-refractivity contribution in [1.29, 1.82) is 0 Å². The molecule has 0 aliphatic carbocycles. The molecule has 98 valence electrons. The van der Waals surface area contributed by atoms with Crippen molar-refractivity contribution in [3.05, 3.63) is 58.2 Å². The van der Waals surface area contributed by atoms with Crippen LogP contribution in [0.25, 0.3) is 0 Å². The molecule has 0 saturated heterocycles. The minimum Gasteiger partial charge on any atom is -0.333 e. The molecule has 2 aromatic rings. The molecule has 7 heteroatoms. The predicted octanol–water partition coefficient (Wildman–Crippen LogP) is 1.86. The second-order valence-corrected chi connectivity index (χ2v) is 3.95. The number of nitrogens with zero attached hydrogens (tertiary/aromatic N) is 3. The zero-order valence-electron chi connectivity index (χ0n) is 10.2. The van der Waals surface area contributed by atoms with Crippen molar-refractivity contribution in [2.45, 2.75) is 13.5 Å². The first-order chi connectivity index (χ1) is 9.09. The zero-order chi connectivity index (χ0) is 13.8. The molecule has 1 amide bonds. The Bertz CT molecular complexity index is 607. The van der Waals surface area contributed by atoms with Gasteiger partial charge in [-0.2, -0.15) is 0 Å². The zero-order valence-corrected chi connectivity index (χ0v) is 10.2. The first-order valence-electron chi connectivity index (χ1n) is 5.58. The molecule has 0 fully saturated rings. The number of carbonyl (C=O) groups is 1. The van der Waals surface area contributed by atoms with Gasteiger partial charge in [0.1, 0.15) is 6.33 Å². The van der Waals surface area contributed by atoms with Gasteiger partial charge in [0.2, 0.25) is 0 Å². The second-order valence-electron chi connectivity index (χ2n) is 3.95. The van der Waals surface area contributed by atoms with Crippen LogP contribution in [-0.2, 0) is 6.54 Å². The van der Waals surface area contributed by atoms with E-state index in [-0.39, 0.29) is 18.3 Å². The van der Waals surface area contributed by atoms with Gasteiger partial charge in [-0.3, -0.25) is 14.7 Å².